The zero-order valence-electron chi connectivity index (χ0n) is 18.3. The molecule has 0 bridgehead atoms. The van der Waals surface area contributed by atoms with Crippen LogP contribution >= 0.6 is 0 Å². The maximum absolute atomic E-state index is 12.6. The molecule has 2 aromatic rings. The highest BCUT2D eigenvalue weighted by Crippen LogP contribution is 2.29. The van der Waals surface area contributed by atoms with Gasteiger partial charge in [-0.3, -0.25) is 9.59 Å². The number of carbonyl (C=O) groups excluding carboxylic acids is 2. The summed E-state index contributed by atoms with van der Waals surface area (Å²) >= 11 is 0. The molecule has 0 radical (unpaired) electrons. The summed E-state index contributed by atoms with van der Waals surface area (Å²) in [6.45, 7) is 9.16. The van der Waals surface area contributed by atoms with E-state index in [9.17, 15) is 9.59 Å². The number of rotatable bonds is 7. The van der Waals surface area contributed by atoms with Crippen LogP contribution in [0.1, 0.15) is 66.0 Å². The normalized spacial score (nSPS) is 11.5. The van der Waals surface area contributed by atoms with Gasteiger partial charge < -0.3 is 9.64 Å². The van der Waals surface area contributed by atoms with Gasteiger partial charge >= 0.3 is 0 Å². The van der Waals surface area contributed by atoms with Crippen molar-refractivity contribution >= 4 is 17.8 Å². The molecule has 0 aliphatic rings. The molecule has 0 unspecified atom stereocenters. The fourth-order valence-corrected chi connectivity index (χ4v) is 2.79. The number of ether oxygens (including phenoxy) is 1. The van der Waals surface area contributed by atoms with E-state index in [0.717, 1.165) is 17.7 Å². The van der Waals surface area contributed by atoms with E-state index in [1.54, 1.807) is 50.5 Å². The Morgan fingerprint density at radius 3 is 2.17 bits per heavy atom. The lowest BCUT2D eigenvalue weighted by Crippen LogP contribution is -2.21. The van der Waals surface area contributed by atoms with Gasteiger partial charge in [0.1, 0.15) is 5.75 Å². The third-order valence-corrected chi connectivity index (χ3v) is 4.57. The predicted molar refractivity (Wildman–Crippen MR) is 119 cm³/mol. The number of ketones is 1. The fraction of sp³-hybridized carbons (Fsp3) is 0.360. The maximum Gasteiger partial charge on any atom is 0.253 e. The number of hydrogen-bond acceptors (Lipinski definition) is 3. The minimum absolute atomic E-state index is 0.00465. The molecule has 154 valence electrons. The van der Waals surface area contributed by atoms with Gasteiger partial charge in [-0.2, -0.15) is 0 Å². The summed E-state index contributed by atoms with van der Waals surface area (Å²) in [4.78, 5) is 26.1. The Balaban J connectivity index is 2.26. The second kappa shape index (κ2) is 9.55. The summed E-state index contributed by atoms with van der Waals surface area (Å²) in [6.07, 6.45) is 4.28. The van der Waals surface area contributed by atoms with E-state index in [1.165, 1.54) is 10.5 Å². The van der Waals surface area contributed by atoms with Crippen LogP contribution in [0.5, 0.6) is 5.75 Å². The maximum atomic E-state index is 12.6. The number of allylic oxidation sites excluding steroid dienone is 1. The summed E-state index contributed by atoms with van der Waals surface area (Å²) in [5.74, 6) is 0.573. The van der Waals surface area contributed by atoms with E-state index in [0.29, 0.717) is 17.7 Å². The van der Waals surface area contributed by atoms with Gasteiger partial charge in [0.25, 0.3) is 5.91 Å². The first-order valence-electron chi connectivity index (χ1n) is 9.95. The highest BCUT2D eigenvalue weighted by atomic mass is 16.5. The van der Waals surface area contributed by atoms with Crippen molar-refractivity contribution in [2.24, 2.45) is 0 Å². The van der Waals surface area contributed by atoms with Crippen molar-refractivity contribution in [1.82, 2.24) is 4.90 Å². The second-order valence-corrected chi connectivity index (χ2v) is 8.33. The predicted octanol–water partition coefficient (Wildman–Crippen LogP) is 5.37. The van der Waals surface area contributed by atoms with Crippen molar-refractivity contribution in [2.45, 2.75) is 39.5 Å². The monoisotopic (exact) mass is 393 g/mol. The number of benzene rings is 2. The molecule has 0 spiro atoms. The van der Waals surface area contributed by atoms with Crippen LogP contribution in [0.3, 0.4) is 0 Å². The van der Waals surface area contributed by atoms with Crippen molar-refractivity contribution in [1.29, 1.82) is 0 Å². The minimum atomic E-state index is -0.114. The van der Waals surface area contributed by atoms with Gasteiger partial charge in [0.15, 0.2) is 5.78 Å². The number of hydrogen-bond donors (Lipinski definition) is 0. The lowest BCUT2D eigenvalue weighted by atomic mass is 9.86. The van der Waals surface area contributed by atoms with Gasteiger partial charge in [-0.15, -0.1) is 0 Å². The van der Waals surface area contributed by atoms with E-state index in [-0.39, 0.29) is 17.1 Å². The molecular formula is C25H31NO3. The second-order valence-electron chi connectivity index (χ2n) is 8.33. The van der Waals surface area contributed by atoms with Gasteiger partial charge in [0.2, 0.25) is 0 Å². The van der Waals surface area contributed by atoms with Gasteiger partial charge in [-0.25, -0.2) is 0 Å². The zero-order valence-corrected chi connectivity index (χ0v) is 18.3. The van der Waals surface area contributed by atoms with Crippen molar-refractivity contribution < 1.29 is 14.3 Å². The van der Waals surface area contributed by atoms with Gasteiger partial charge in [0, 0.05) is 30.8 Å². The van der Waals surface area contributed by atoms with Crippen LogP contribution in [0.15, 0.2) is 48.5 Å². The third kappa shape index (κ3) is 6.05. The molecule has 0 atom stereocenters. The molecule has 0 saturated carbocycles. The Kier molecular flexibility index (Phi) is 7.38. The van der Waals surface area contributed by atoms with Crippen molar-refractivity contribution in [3.05, 3.63) is 70.8 Å². The lowest BCUT2D eigenvalue weighted by molar-refractivity contribution is 0.0827. The Morgan fingerprint density at radius 1 is 1.00 bits per heavy atom. The Hall–Kier alpha value is -2.88. The Labute approximate surface area is 174 Å². The van der Waals surface area contributed by atoms with Gasteiger partial charge in [-0.1, -0.05) is 45.9 Å². The minimum Gasteiger partial charge on any atom is -0.493 e. The van der Waals surface area contributed by atoms with Crippen LogP contribution in [-0.4, -0.2) is 37.3 Å². The molecule has 0 aliphatic heterocycles. The van der Waals surface area contributed by atoms with E-state index in [4.69, 9.17) is 4.74 Å². The molecule has 2 aromatic carbocycles. The average Bonchev–Trinajstić information content (AvgIpc) is 2.69. The van der Waals surface area contributed by atoms with Crippen molar-refractivity contribution in [3.8, 4) is 5.75 Å². The summed E-state index contributed by atoms with van der Waals surface area (Å²) in [6, 6.07) is 12.9. The van der Waals surface area contributed by atoms with Crippen molar-refractivity contribution in [3.63, 3.8) is 0 Å². The van der Waals surface area contributed by atoms with E-state index < -0.39 is 0 Å². The number of carbonyl (C=O) groups is 2. The summed E-state index contributed by atoms with van der Waals surface area (Å²) in [5, 5.41) is 0. The molecule has 0 heterocycles. The first-order valence-corrected chi connectivity index (χ1v) is 9.95. The quantitative estimate of drug-likeness (QED) is 0.469. The first-order chi connectivity index (χ1) is 13.6. The van der Waals surface area contributed by atoms with E-state index in [2.05, 4.69) is 39.8 Å². The van der Waals surface area contributed by atoms with Gasteiger partial charge in [0.05, 0.1) is 6.61 Å². The molecule has 4 heteroatoms. The topological polar surface area (TPSA) is 46.6 Å². The van der Waals surface area contributed by atoms with Crippen LogP contribution in [0.4, 0.5) is 0 Å². The fourth-order valence-electron chi connectivity index (χ4n) is 2.79. The van der Waals surface area contributed by atoms with E-state index >= 15 is 0 Å². The van der Waals surface area contributed by atoms with Crippen LogP contribution in [0, 0.1) is 0 Å². The van der Waals surface area contributed by atoms with Crippen molar-refractivity contribution in [2.75, 3.05) is 20.7 Å². The smallest absolute Gasteiger partial charge is 0.253 e. The SMILES string of the molecule is CCCOc1ccc(C(C)(C)C)cc1/C=C/C(=O)c1ccc(C(=O)N(C)C)cc1. The highest BCUT2D eigenvalue weighted by molar-refractivity contribution is 6.07. The molecular weight excluding hydrogens is 362 g/mol. The van der Waals surface area contributed by atoms with Crippen LogP contribution in [0.25, 0.3) is 6.08 Å². The number of amides is 1. The molecule has 1 amide bonds. The molecule has 0 saturated heterocycles. The average molecular weight is 394 g/mol. The Morgan fingerprint density at radius 2 is 1.62 bits per heavy atom. The molecule has 0 N–H and O–H groups in total. The molecule has 0 fully saturated rings. The molecule has 29 heavy (non-hydrogen) atoms. The van der Waals surface area contributed by atoms with Crippen LogP contribution in [-0.2, 0) is 5.41 Å². The third-order valence-electron chi connectivity index (χ3n) is 4.57. The first kappa shape index (κ1) is 22.4. The summed E-state index contributed by atoms with van der Waals surface area (Å²) in [5.41, 5.74) is 3.17. The standard InChI is InChI=1S/C25H31NO3/c1-7-16-29-23-15-13-21(25(2,3)4)17-20(23)12-14-22(27)18-8-10-19(11-9-18)24(28)26(5)6/h8-15,17H,7,16H2,1-6H3/b14-12+. The molecule has 0 aliphatic carbocycles. The van der Waals surface area contributed by atoms with Gasteiger partial charge in [-0.05, 0) is 53.8 Å². The molecule has 4 nitrogen and oxygen atoms in total. The van der Waals surface area contributed by atoms with E-state index in [1.807, 2.05) is 6.07 Å². The molecule has 2 rings (SSSR count). The largest absolute Gasteiger partial charge is 0.493 e. The molecule has 0 aromatic heterocycles. The summed E-state index contributed by atoms with van der Waals surface area (Å²) in [7, 11) is 3.40. The summed E-state index contributed by atoms with van der Waals surface area (Å²) < 4.78 is 5.85. The highest BCUT2D eigenvalue weighted by Gasteiger charge is 2.15. The Bertz CT molecular complexity index is 887. The zero-order chi connectivity index (χ0) is 21.6. The number of nitrogens with zero attached hydrogens (tertiary/aromatic N) is 1. The van der Waals surface area contributed by atoms with Crippen LogP contribution in [0.2, 0.25) is 0 Å². The van der Waals surface area contributed by atoms with Crippen LogP contribution < -0.4 is 4.74 Å². The lowest BCUT2D eigenvalue weighted by Gasteiger charge is -2.20.